The largest absolute Gasteiger partial charge is 0.507 e. The van der Waals surface area contributed by atoms with E-state index in [1.54, 1.807) is 6.07 Å². The normalized spacial score (nSPS) is 13.4. The molecule has 1 aliphatic carbocycles. The third-order valence-corrected chi connectivity index (χ3v) is 6.37. The summed E-state index contributed by atoms with van der Waals surface area (Å²) >= 11 is 0. The maximum absolute atomic E-state index is 10.8. The summed E-state index contributed by atoms with van der Waals surface area (Å²) in [5, 5.41) is 10.8. The third-order valence-electron chi connectivity index (χ3n) is 6.37. The zero-order valence-corrected chi connectivity index (χ0v) is 17.3. The smallest absolute Gasteiger partial charge is 0.123 e. The predicted molar refractivity (Wildman–Crippen MR) is 126 cm³/mol. The molecule has 3 heteroatoms. The Kier molecular flexibility index (Phi) is 4.15. The van der Waals surface area contributed by atoms with Crippen molar-refractivity contribution in [3.8, 4) is 28.3 Å². The van der Waals surface area contributed by atoms with Crippen LogP contribution in [0, 0.1) is 0 Å². The second-order valence-corrected chi connectivity index (χ2v) is 8.01. The molecule has 1 N–H and O–H groups in total. The van der Waals surface area contributed by atoms with Crippen LogP contribution in [0.5, 0.6) is 5.75 Å². The molecule has 0 aliphatic heterocycles. The van der Waals surface area contributed by atoms with Crippen LogP contribution in [-0.4, -0.2) is 15.1 Å². The molecule has 2 heterocycles. The number of aromatic nitrogens is 2. The molecule has 1 aliphatic rings. The molecule has 0 saturated heterocycles. The van der Waals surface area contributed by atoms with Gasteiger partial charge in [0.05, 0.1) is 16.8 Å². The third kappa shape index (κ3) is 2.55. The van der Waals surface area contributed by atoms with Crippen molar-refractivity contribution in [1.29, 1.82) is 0 Å². The van der Waals surface area contributed by atoms with Crippen molar-refractivity contribution >= 4 is 0 Å². The van der Waals surface area contributed by atoms with Crippen molar-refractivity contribution in [3.63, 3.8) is 0 Å². The molecule has 5 aromatic rings. The van der Waals surface area contributed by atoms with Gasteiger partial charge in [-0.05, 0) is 52.1 Å². The number of rotatable bonds is 3. The minimum Gasteiger partial charge on any atom is -0.507 e. The van der Waals surface area contributed by atoms with Crippen LogP contribution in [0.1, 0.15) is 22.3 Å². The van der Waals surface area contributed by atoms with Gasteiger partial charge in [-0.2, -0.15) is 0 Å². The van der Waals surface area contributed by atoms with E-state index in [4.69, 9.17) is 9.97 Å². The first kappa shape index (κ1) is 18.5. The lowest BCUT2D eigenvalue weighted by molar-refractivity contribution is 0.477. The standard InChI is InChI=1S/C29H20N2O/c32-26-16-15-22(19-23(26)20-9-3-1-4-10-20)29(21-11-5-2-6-12-21)24-13-7-17-30-27(24)28-25(29)14-8-18-31-28/h1-19,32H. The first-order valence-corrected chi connectivity index (χ1v) is 10.7. The van der Waals surface area contributed by atoms with Gasteiger partial charge in [-0.1, -0.05) is 78.9 Å². The maximum atomic E-state index is 10.8. The average Bonchev–Trinajstić information content (AvgIpc) is 3.17. The molecule has 6 rings (SSSR count). The number of fused-ring (bicyclic) bond motifs is 3. The highest BCUT2D eigenvalue weighted by Gasteiger charge is 2.47. The van der Waals surface area contributed by atoms with Gasteiger partial charge in [-0.25, -0.2) is 0 Å². The maximum Gasteiger partial charge on any atom is 0.123 e. The van der Waals surface area contributed by atoms with Crippen molar-refractivity contribution < 1.29 is 5.11 Å². The molecule has 0 spiro atoms. The minimum absolute atomic E-state index is 0.263. The highest BCUT2D eigenvalue weighted by atomic mass is 16.3. The second kappa shape index (κ2) is 7.17. The van der Waals surface area contributed by atoms with E-state index in [9.17, 15) is 5.11 Å². The van der Waals surface area contributed by atoms with Gasteiger partial charge in [0.15, 0.2) is 0 Å². The monoisotopic (exact) mass is 412 g/mol. The molecular weight excluding hydrogens is 392 g/mol. The van der Waals surface area contributed by atoms with Crippen LogP contribution in [0.15, 0.2) is 116 Å². The van der Waals surface area contributed by atoms with E-state index in [0.717, 1.165) is 44.8 Å². The van der Waals surface area contributed by atoms with Gasteiger partial charge in [0.2, 0.25) is 0 Å². The highest BCUT2D eigenvalue weighted by molar-refractivity contribution is 5.83. The summed E-state index contributed by atoms with van der Waals surface area (Å²) in [5.74, 6) is 0.263. The summed E-state index contributed by atoms with van der Waals surface area (Å²) in [4.78, 5) is 9.47. The summed E-state index contributed by atoms with van der Waals surface area (Å²) < 4.78 is 0. The van der Waals surface area contributed by atoms with Gasteiger partial charge >= 0.3 is 0 Å². The average molecular weight is 412 g/mol. The Bertz CT molecular complexity index is 1380. The van der Waals surface area contributed by atoms with E-state index in [1.807, 2.05) is 67.0 Å². The van der Waals surface area contributed by atoms with Crippen molar-refractivity contribution in [1.82, 2.24) is 9.97 Å². The van der Waals surface area contributed by atoms with E-state index in [0.29, 0.717) is 0 Å². The van der Waals surface area contributed by atoms with Crippen LogP contribution in [0.4, 0.5) is 0 Å². The molecule has 3 aromatic carbocycles. The fourth-order valence-corrected chi connectivity index (χ4v) is 5.03. The number of aromatic hydroxyl groups is 1. The summed E-state index contributed by atoms with van der Waals surface area (Å²) in [7, 11) is 0. The molecule has 32 heavy (non-hydrogen) atoms. The molecule has 3 nitrogen and oxygen atoms in total. The molecule has 0 amide bonds. The second-order valence-electron chi connectivity index (χ2n) is 8.01. The van der Waals surface area contributed by atoms with E-state index >= 15 is 0 Å². The van der Waals surface area contributed by atoms with E-state index in [-0.39, 0.29) is 5.75 Å². The highest BCUT2D eigenvalue weighted by Crippen LogP contribution is 2.55. The Labute approximate surface area is 186 Å². The first-order valence-electron chi connectivity index (χ1n) is 10.7. The van der Waals surface area contributed by atoms with Crippen LogP contribution in [0.2, 0.25) is 0 Å². The lowest BCUT2D eigenvalue weighted by Gasteiger charge is -2.33. The van der Waals surface area contributed by atoms with Gasteiger partial charge in [0.25, 0.3) is 0 Å². The Balaban J connectivity index is 1.73. The number of nitrogens with zero attached hydrogens (tertiary/aromatic N) is 2. The number of pyridine rings is 2. The molecule has 0 fully saturated rings. The predicted octanol–water partition coefficient (Wildman–Crippen LogP) is 6.21. The van der Waals surface area contributed by atoms with Crippen LogP contribution in [0.3, 0.4) is 0 Å². The van der Waals surface area contributed by atoms with Gasteiger partial charge in [0, 0.05) is 18.0 Å². The van der Waals surface area contributed by atoms with E-state index in [1.165, 1.54) is 0 Å². The van der Waals surface area contributed by atoms with Gasteiger partial charge in [-0.3, -0.25) is 9.97 Å². The molecule has 0 bridgehead atoms. The minimum atomic E-state index is -0.578. The van der Waals surface area contributed by atoms with Gasteiger partial charge in [0.1, 0.15) is 5.75 Å². The lowest BCUT2D eigenvalue weighted by Crippen LogP contribution is -2.28. The van der Waals surface area contributed by atoms with E-state index < -0.39 is 5.41 Å². The Morgan fingerprint density at radius 1 is 0.562 bits per heavy atom. The fourth-order valence-electron chi connectivity index (χ4n) is 5.03. The van der Waals surface area contributed by atoms with Crippen molar-refractivity contribution in [2.75, 3.05) is 0 Å². The zero-order chi connectivity index (χ0) is 21.5. The van der Waals surface area contributed by atoms with E-state index in [2.05, 4.69) is 42.5 Å². The van der Waals surface area contributed by atoms with Crippen LogP contribution >= 0.6 is 0 Å². The van der Waals surface area contributed by atoms with Crippen LogP contribution in [0.25, 0.3) is 22.5 Å². The van der Waals surface area contributed by atoms with Crippen LogP contribution < -0.4 is 0 Å². The Hall–Kier alpha value is -4.24. The number of hydrogen-bond donors (Lipinski definition) is 1. The molecule has 152 valence electrons. The molecule has 0 atom stereocenters. The lowest BCUT2D eigenvalue weighted by atomic mass is 9.67. The quantitative estimate of drug-likeness (QED) is 0.376. The van der Waals surface area contributed by atoms with Gasteiger partial charge < -0.3 is 5.11 Å². The molecule has 0 saturated carbocycles. The Morgan fingerprint density at radius 2 is 1.16 bits per heavy atom. The topological polar surface area (TPSA) is 46.0 Å². The SMILES string of the molecule is Oc1ccc(C2(c3ccccc3)c3cccnc3-c3ncccc32)cc1-c1ccccc1. The summed E-state index contributed by atoms with van der Waals surface area (Å²) in [6.07, 6.45) is 3.65. The van der Waals surface area contributed by atoms with Crippen molar-refractivity contribution in [3.05, 3.63) is 138 Å². The molecule has 0 radical (unpaired) electrons. The number of benzene rings is 3. The van der Waals surface area contributed by atoms with Gasteiger partial charge in [-0.15, -0.1) is 0 Å². The fraction of sp³-hybridized carbons (Fsp3) is 0.0345. The number of phenolic OH excluding ortho intramolecular Hbond substituents is 1. The number of hydrogen-bond acceptors (Lipinski definition) is 3. The molecular formula is C29H20N2O. The van der Waals surface area contributed by atoms with Crippen LogP contribution in [-0.2, 0) is 5.41 Å². The molecule has 2 aromatic heterocycles. The van der Waals surface area contributed by atoms with Crippen molar-refractivity contribution in [2.45, 2.75) is 5.41 Å². The summed E-state index contributed by atoms with van der Waals surface area (Å²) in [6, 6.07) is 34.7. The molecule has 0 unspecified atom stereocenters. The first-order chi connectivity index (χ1) is 15.8. The Morgan fingerprint density at radius 3 is 1.78 bits per heavy atom. The number of phenols is 1. The zero-order valence-electron chi connectivity index (χ0n) is 17.3. The summed E-state index contributed by atoms with van der Waals surface area (Å²) in [5.41, 5.74) is 7.43. The van der Waals surface area contributed by atoms with Crippen molar-refractivity contribution in [2.24, 2.45) is 0 Å². The summed E-state index contributed by atoms with van der Waals surface area (Å²) in [6.45, 7) is 0.